The number of carbonyl (C=O) groups is 1. The Morgan fingerprint density at radius 2 is 2.21 bits per heavy atom. The molecule has 6 nitrogen and oxygen atoms in total. The highest BCUT2D eigenvalue weighted by Gasteiger charge is 2.30. The van der Waals surface area contributed by atoms with E-state index >= 15 is 0 Å². The summed E-state index contributed by atoms with van der Waals surface area (Å²) >= 11 is 0. The zero-order chi connectivity index (χ0) is 10.3. The number of non-ortho nitro benzene ring substituents is 1. The highest BCUT2D eigenvalue weighted by atomic mass is 16.6. The summed E-state index contributed by atoms with van der Waals surface area (Å²) in [4.78, 5) is 20.8. The van der Waals surface area contributed by atoms with E-state index in [9.17, 15) is 14.9 Å². The predicted octanol–water partition coefficient (Wildman–Crippen LogP) is 0.756. The molecule has 0 spiro atoms. The second-order valence-corrected chi connectivity index (χ2v) is 2.79. The minimum absolute atomic E-state index is 0.0479. The summed E-state index contributed by atoms with van der Waals surface area (Å²) in [6, 6.07) is 3.61. The van der Waals surface area contributed by atoms with Crippen molar-refractivity contribution in [1.29, 1.82) is 0 Å². The number of rotatable bonds is 1. The third-order valence-corrected chi connectivity index (χ3v) is 1.95. The number of cyclic esters (lactones) is 1. The molecule has 0 radical (unpaired) electrons. The fraction of sp³-hybridized carbons (Fsp3) is 0.125. The van der Waals surface area contributed by atoms with Gasteiger partial charge in [-0.05, 0) is 6.07 Å². The molecule has 2 rings (SSSR count). The van der Waals surface area contributed by atoms with Crippen molar-refractivity contribution in [1.82, 2.24) is 0 Å². The molecule has 1 aliphatic rings. The molecule has 6 heteroatoms. The molecule has 1 unspecified atom stereocenters. The summed E-state index contributed by atoms with van der Waals surface area (Å²) in [6.45, 7) is 0. The number of esters is 1. The summed E-state index contributed by atoms with van der Waals surface area (Å²) in [5.41, 5.74) is 0.113. The summed E-state index contributed by atoms with van der Waals surface area (Å²) in [5.74, 6) is -0.740. The third kappa shape index (κ3) is 1.12. The average Bonchev–Trinajstić information content (AvgIpc) is 2.42. The number of ether oxygens (including phenoxy) is 1. The number of fused-ring (bicyclic) bond motifs is 1. The maximum Gasteiger partial charge on any atom is 0.341 e. The molecule has 0 aromatic heterocycles. The molecule has 14 heavy (non-hydrogen) atoms. The fourth-order valence-corrected chi connectivity index (χ4v) is 1.28. The molecular weight excluding hydrogens is 190 g/mol. The van der Waals surface area contributed by atoms with Crippen LogP contribution in [0.15, 0.2) is 18.2 Å². The summed E-state index contributed by atoms with van der Waals surface area (Å²) < 4.78 is 4.46. The number of nitrogens with zero attached hydrogens (tertiary/aromatic N) is 1. The van der Waals surface area contributed by atoms with E-state index in [2.05, 4.69) is 4.74 Å². The SMILES string of the molecule is O=C1OC(O)c2ccc([N+](=O)[O-])cc21. The number of carbonyl (C=O) groups excluding carboxylic acids is 1. The van der Waals surface area contributed by atoms with Crippen LogP contribution in [0.1, 0.15) is 22.2 Å². The molecule has 1 N–H and O–H groups in total. The first kappa shape index (κ1) is 8.64. The van der Waals surface area contributed by atoms with Crippen LogP contribution >= 0.6 is 0 Å². The molecule has 0 fully saturated rings. The molecular formula is C8H5NO5. The van der Waals surface area contributed by atoms with Crippen LogP contribution in [0.5, 0.6) is 0 Å². The van der Waals surface area contributed by atoms with Gasteiger partial charge < -0.3 is 9.84 Å². The standard InChI is InChI=1S/C8H5NO5/c10-7-5-2-1-4(9(12)13)3-6(5)8(11)14-7/h1-3,7,10H. The Hall–Kier alpha value is -1.95. The van der Waals surface area contributed by atoms with Crippen molar-refractivity contribution in [2.75, 3.05) is 0 Å². The lowest BCUT2D eigenvalue weighted by Gasteiger charge is -1.99. The predicted molar refractivity (Wildman–Crippen MR) is 43.5 cm³/mol. The molecule has 1 aromatic carbocycles. The quantitative estimate of drug-likeness (QED) is 0.405. The van der Waals surface area contributed by atoms with Crippen LogP contribution in [0.4, 0.5) is 5.69 Å². The van der Waals surface area contributed by atoms with Crippen LogP contribution in [0.2, 0.25) is 0 Å². The molecule has 0 bridgehead atoms. The van der Waals surface area contributed by atoms with Crippen LogP contribution in [-0.4, -0.2) is 16.0 Å². The largest absolute Gasteiger partial charge is 0.428 e. The van der Waals surface area contributed by atoms with Gasteiger partial charge in [-0.3, -0.25) is 10.1 Å². The van der Waals surface area contributed by atoms with Crippen LogP contribution in [0, 0.1) is 10.1 Å². The van der Waals surface area contributed by atoms with E-state index < -0.39 is 17.2 Å². The lowest BCUT2D eigenvalue weighted by molar-refractivity contribution is -0.384. The smallest absolute Gasteiger partial charge is 0.341 e. The summed E-state index contributed by atoms with van der Waals surface area (Å²) in [6.07, 6.45) is -1.31. The van der Waals surface area contributed by atoms with Gasteiger partial charge in [0.2, 0.25) is 6.29 Å². The maximum atomic E-state index is 11.0. The van der Waals surface area contributed by atoms with Crippen LogP contribution in [0.3, 0.4) is 0 Å². The van der Waals surface area contributed by atoms with E-state index in [1.165, 1.54) is 12.1 Å². The molecule has 1 aliphatic heterocycles. The van der Waals surface area contributed by atoms with E-state index in [-0.39, 0.29) is 16.8 Å². The van der Waals surface area contributed by atoms with Crippen molar-refractivity contribution < 1.29 is 19.6 Å². The van der Waals surface area contributed by atoms with Gasteiger partial charge in [-0.2, -0.15) is 0 Å². The van der Waals surface area contributed by atoms with Gasteiger partial charge >= 0.3 is 5.97 Å². The second-order valence-electron chi connectivity index (χ2n) is 2.79. The molecule has 72 valence electrons. The Labute approximate surface area is 77.9 Å². The van der Waals surface area contributed by atoms with E-state index in [0.29, 0.717) is 0 Å². The number of nitro groups is 1. The van der Waals surface area contributed by atoms with Crippen molar-refractivity contribution in [3.8, 4) is 0 Å². The Balaban J connectivity index is 2.55. The fourth-order valence-electron chi connectivity index (χ4n) is 1.28. The number of nitro benzene ring substituents is 1. The van der Waals surface area contributed by atoms with E-state index in [1.54, 1.807) is 0 Å². The number of aliphatic hydroxyl groups excluding tert-OH is 1. The van der Waals surface area contributed by atoms with Gasteiger partial charge in [-0.15, -0.1) is 0 Å². The van der Waals surface area contributed by atoms with Gasteiger partial charge in [0.1, 0.15) is 0 Å². The van der Waals surface area contributed by atoms with Gasteiger partial charge in [0.05, 0.1) is 10.5 Å². The lowest BCUT2D eigenvalue weighted by Crippen LogP contribution is -1.96. The summed E-state index contributed by atoms with van der Waals surface area (Å²) in [5, 5.41) is 19.5. The number of benzene rings is 1. The first-order chi connectivity index (χ1) is 6.59. The molecule has 0 saturated heterocycles. The van der Waals surface area contributed by atoms with Crippen molar-refractivity contribution in [3.05, 3.63) is 39.4 Å². The minimum Gasteiger partial charge on any atom is -0.428 e. The number of hydrogen-bond donors (Lipinski definition) is 1. The Bertz CT molecular complexity index is 428. The molecule has 0 amide bonds. The van der Waals surface area contributed by atoms with Gasteiger partial charge in [-0.1, -0.05) is 0 Å². The molecule has 0 saturated carbocycles. The van der Waals surface area contributed by atoms with Crippen LogP contribution in [0.25, 0.3) is 0 Å². The van der Waals surface area contributed by atoms with Gasteiger partial charge in [0.15, 0.2) is 0 Å². The zero-order valence-electron chi connectivity index (χ0n) is 6.84. The second kappa shape index (κ2) is 2.78. The van der Waals surface area contributed by atoms with E-state index in [0.717, 1.165) is 6.07 Å². The Morgan fingerprint density at radius 3 is 2.86 bits per heavy atom. The van der Waals surface area contributed by atoms with Crippen LogP contribution in [-0.2, 0) is 4.74 Å². The molecule has 1 aromatic rings. The molecule has 1 atom stereocenters. The van der Waals surface area contributed by atoms with Crippen molar-refractivity contribution in [2.24, 2.45) is 0 Å². The Kier molecular flexibility index (Phi) is 1.71. The normalized spacial score (nSPS) is 18.9. The van der Waals surface area contributed by atoms with Crippen molar-refractivity contribution in [3.63, 3.8) is 0 Å². The minimum atomic E-state index is -1.31. The first-order valence-corrected chi connectivity index (χ1v) is 3.77. The monoisotopic (exact) mass is 195 g/mol. The maximum absolute atomic E-state index is 11.0. The summed E-state index contributed by atoms with van der Waals surface area (Å²) in [7, 11) is 0. The van der Waals surface area contributed by atoms with E-state index in [1.807, 2.05) is 0 Å². The highest BCUT2D eigenvalue weighted by molar-refractivity contribution is 5.94. The number of aliphatic hydroxyl groups is 1. The van der Waals surface area contributed by atoms with Gasteiger partial charge in [0, 0.05) is 17.7 Å². The van der Waals surface area contributed by atoms with Gasteiger partial charge in [-0.25, -0.2) is 4.79 Å². The topological polar surface area (TPSA) is 89.7 Å². The average molecular weight is 195 g/mol. The first-order valence-electron chi connectivity index (χ1n) is 3.77. The highest BCUT2D eigenvalue weighted by Crippen LogP contribution is 2.30. The zero-order valence-corrected chi connectivity index (χ0v) is 6.84. The lowest BCUT2D eigenvalue weighted by atomic mass is 10.1. The third-order valence-electron chi connectivity index (χ3n) is 1.95. The van der Waals surface area contributed by atoms with E-state index in [4.69, 9.17) is 5.11 Å². The van der Waals surface area contributed by atoms with Crippen molar-refractivity contribution in [2.45, 2.75) is 6.29 Å². The molecule has 0 aliphatic carbocycles. The van der Waals surface area contributed by atoms with Gasteiger partial charge in [0.25, 0.3) is 5.69 Å². The Morgan fingerprint density at radius 1 is 1.50 bits per heavy atom. The van der Waals surface area contributed by atoms with Crippen molar-refractivity contribution >= 4 is 11.7 Å². The molecule has 1 heterocycles. The van der Waals surface area contributed by atoms with Crippen LogP contribution < -0.4 is 0 Å². The number of hydrogen-bond acceptors (Lipinski definition) is 5.